The number of hydrogen-bond acceptors (Lipinski definition) is 1. The van der Waals surface area contributed by atoms with E-state index in [9.17, 15) is 0 Å². The van der Waals surface area contributed by atoms with E-state index in [4.69, 9.17) is 11.6 Å². The molecule has 0 unspecified atom stereocenters. The van der Waals surface area contributed by atoms with Crippen LogP contribution in [0.4, 0.5) is 0 Å². The molecule has 1 saturated carbocycles. The number of pyridine rings is 1. The molecule has 16 heavy (non-hydrogen) atoms. The predicted molar refractivity (Wildman–Crippen MR) is 71.9 cm³/mol. The zero-order valence-corrected chi connectivity index (χ0v) is 11.7. The van der Waals surface area contributed by atoms with E-state index in [1.165, 1.54) is 37.8 Å². The van der Waals surface area contributed by atoms with Crippen LogP contribution in [0.1, 0.15) is 37.8 Å². The van der Waals surface area contributed by atoms with Crippen molar-refractivity contribution in [3.8, 4) is 0 Å². The first-order chi connectivity index (χ1) is 7.74. The van der Waals surface area contributed by atoms with Gasteiger partial charge >= 0.3 is 0 Å². The topological polar surface area (TPSA) is 12.9 Å². The Hall–Kier alpha value is -0.0800. The van der Waals surface area contributed by atoms with Crippen molar-refractivity contribution >= 4 is 27.5 Å². The number of halogens is 2. The molecule has 2 rings (SSSR count). The van der Waals surface area contributed by atoms with E-state index >= 15 is 0 Å². The van der Waals surface area contributed by atoms with Gasteiger partial charge in [-0.15, -0.1) is 11.6 Å². The Morgan fingerprint density at radius 3 is 2.56 bits per heavy atom. The van der Waals surface area contributed by atoms with Gasteiger partial charge in [0.15, 0.2) is 0 Å². The average molecular weight is 303 g/mol. The zero-order chi connectivity index (χ0) is 11.4. The molecule has 0 saturated heterocycles. The van der Waals surface area contributed by atoms with Crippen molar-refractivity contribution in [3.05, 3.63) is 28.5 Å². The predicted octanol–water partition coefficient (Wildman–Crippen LogP) is 4.58. The molecular weight excluding hydrogens is 286 g/mol. The van der Waals surface area contributed by atoms with Crippen LogP contribution in [0.3, 0.4) is 0 Å². The normalized spacial score (nSPS) is 19.6. The van der Waals surface area contributed by atoms with Crippen molar-refractivity contribution in [3.63, 3.8) is 0 Å². The van der Waals surface area contributed by atoms with Crippen molar-refractivity contribution in [2.45, 2.75) is 38.5 Å². The van der Waals surface area contributed by atoms with Crippen molar-refractivity contribution in [2.75, 3.05) is 5.88 Å². The van der Waals surface area contributed by atoms with Crippen LogP contribution in [0.15, 0.2) is 22.8 Å². The molecule has 0 aromatic carbocycles. The SMILES string of the molecule is ClCC1(Cc2ccc(Br)cn2)CCCCC1. The van der Waals surface area contributed by atoms with Gasteiger partial charge in [0.25, 0.3) is 0 Å². The molecule has 1 nitrogen and oxygen atoms in total. The van der Waals surface area contributed by atoms with Crippen LogP contribution >= 0.6 is 27.5 Å². The second-order valence-electron chi connectivity index (χ2n) is 4.84. The van der Waals surface area contributed by atoms with Crippen LogP contribution in [-0.2, 0) is 6.42 Å². The number of alkyl halides is 1. The van der Waals surface area contributed by atoms with Crippen LogP contribution in [0.25, 0.3) is 0 Å². The van der Waals surface area contributed by atoms with Crippen molar-refractivity contribution in [1.29, 1.82) is 0 Å². The van der Waals surface area contributed by atoms with Gasteiger partial charge in [-0.25, -0.2) is 0 Å². The highest BCUT2D eigenvalue weighted by molar-refractivity contribution is 9.10. The molecule has 0 amide bonds. The lowest BCUT2D eigenvalue weighted by molar-refractivity contribution is 0.217. The Morgan fingerprint density at radius 2 is 2.00 bits per heavy atom. The number of nitrogens with zero attached hydrogens (tertiary/aromatic N) is 1. The van der Waals surface area contributed by atoms with Crippen LogP contribution in [0, 0.1) is 5.41 Å². The van der Waals surface area contributed by atoms with E-state index in [2.05, 4.69) is 33.0 Å². The third-order valence-corrected chi connectivity index (χ3v) is 4.58. The van der Waals surface area contributed by atoms with Gasteiger partial charge < -0.3 is 0 Å². The summed E-state index contributed by atoms with van der Waals surface area (Å²) in [6, 6.07) is 4.17. The van der Waals surface area contributed by atoms with E-state index in [0.29, 0.717) is 5.41 Å². The minimum atomic E-state index is 0.306. The lowest BCUT2D eigenvalue weighted by Gasteiger charge is -2.35. The summed E-state index contributed by atoms with van der Waals surface area (Å²) in [6.45, 7) is 0. The van der Waals surface area contributed by atoms with Crippen LogP contribution < -0.4 is 0 Å². The molecular formula is C13H17BrClN. The fourth-order valence-electron chi connectivity index (χ4n) is 2.55. The highest BCUT2D eigenvalue weighted by Crippen LogP contribution is 2.39. The zero-order valence-electron chi connectivity index (χ0n) is 9.38. The Kier molecular flexibility index (Phi) is 4.26. The van der Waals surface area contributed by atoms with Gasteiger partial charge in [-0.2, -0.15) is 0 Å². The van der Waals surface area contributed by atoms with Crippen LogP contribution in [0.5, 0.6) is 0 Å². The van der Waals surface area contributed by atoms with Gasteiger partial charge in [-0.05, 0) is 52.7 Å². The van der Waals surface area contributed by atoms with Gasteiger partial charge in [-0.1, -0.05) is 19.3 Å². The summed E-state index contributed by atoms with van der Waals surface area (Å²) >= 11 is 9.59. The third kappa shape index (κ3) is 2.98. The average Bonchev–Trinajstić information content (AvgIpc) is 2.33. The largest absolute Gasteiger partial charge is 0.260 e. The molecule has 1 heterocycles. The van der Waals surface area contributed by atoms with Gasteiger partial charge in [-0.3, -0.25) is 4.98 Å². The maximum absolute atomic E-state index is 6.18. The minimum Gasteiger partial charge on any atom is -0.260 e. The highest BCUT2D eigenvalue weighted by atomic mass is 79.9. The quantitative estimate of drug-likeness (QED) is 0.745. The molecule has 1 fully saturated rings. The Balaban J connectivity index is 2.08. The molecule has 0 radical (unpaired) electrons. The molecule has 0 spiro atoms. The number of aromatic nitrogens is 1. The van der Waals surface area contributed by atoms with Gasteiger partial charge in [0.2, 0.25) is 0 Å². The molecule has 1 aromatic rings. The smallest absolute Gasteiger partial charge is 0.0413 e. The molecule has 1 aliphatic carbocycles. The summed E-state index contributed by atoms with van der Waals surface area (Å²) in [4.78, 5) is 4.46. The lowest BCUT2D eigenvalue weighted by Crippen LogP contribution is -2.29. The summed E-state index contributed by atoms with van der Waals surface area (Å²) < 4.78 is 1.04. The molecule has 1 aromatic heterocycles. The molecule has 0 N–H and O–H groups in total. The summed E-state index contributed by atoms with van der Waals surface area (Å²) in [5.41, 5.74) is 1.48. The fraction of sp³-hybridized carbons (Fsp3) is 0.615. The first-order valence-electron chi connectivity index (χ1n) is 5.91. The molecule has 0 aliphatic heterocycles. The molecule has 0 atom stereocenters. The second kappa shape index (κ2) is 5.50. The number of rotatable bonds is 3. The van der Waals surface area contributed by atoms with Crippen LogP contribution in [-0.4, -0.2) is 10.9 Å². The summed E-state index contributed by atoms with van der Waals surface area (Å²) in [7, 11) is 0. The third-order valence-electron chi connectivity index (χ3n) is 3.54. The van der Waals surface area contributed by atoms with Gasteiger partial charge in [0.1, 0.15) is 0 Å². The Morgan fingerprint density at radius 1 is 1.25 bits per heavy atom. The Labute approximate surface area is 111 Å². The monoisotopic (exact) mass is 301 g/mol. The molecule has 3 heteroatoms. The lowest BCUT2D eigenvalue weighted by atomic mass is 9.72. The summed E-state index contributed by atoms with van der Waals surface area (Å²) in [6.07, 6.45) is 9.44. The Bertz CT molecular complexity index is 330. The standard InChI is InChI=1S/C13H17BrClN/c14-11-4-5-12(16-9-11)8-13(10-15)6-2-1-3-7-13/h4-5,9H,1-3,6-8,10H2. The first-order valence-corrected chi connectivity index (χ1v) is 7.23. The van der Waals surface area contributed by atoms with Gasteiger partial charge in [0.05, 0.1) is 0 Å². The van der Waals surface area contributed by atoms with E-state index in [1.807, 2.05) is 6.20 Å². The summed E-state index contributed by atoms with van der Waals surface area (Å²) in [5, 5.41) is 0. The first kappa shape index (κ1) is 12.4. The highest BCUT2D eigenvalue weighted by Gasteiger charge is 2.31. The van der Waals surface area contributed by atoms with E-state index < -0.39 is 0 Å². The minimum absolute atomic E-state index is 0.306. The molecule has 0 bridgehead atoms. The van der Waals surface area contributed by atoms with Crippen molar-refractivity contribution < 1.29 is 0 Å². The van der Waals surface area contributed by atoms with Gasteiger partial charge in [0, 0.05) is 22.2 Å². The molecule has 1 aliphatic rings. The van der Waals surface area contributed by atoms with Crippen molar-refractivity contribution in [2.24, 2.45) is 5.41 Å². The molecule has 88 valence electrons. The fourth-order valence-corrected chi connectivity index (χ4v) is 3.15. The van der Waals surface area contributed by atoms with Crippen LogP contribution in [0.2, 0.25) is 0 Å². The second-order valence-corrected chi connectivity index (χ2v) is 6.02. The van der Waals surface area contributed by atoms with E-state index in [-0.39, 0.29) is 0 Å². The van der Waals surface area contributed by atoms with E-state index in [1.54, 1.807) is 0 Å². The maximum Gasteiger partial charge on any atom is 0.0413 e. The number of hydrogen-bond donors (Lipinski definition) is 0. The maximum atomic E-state index is 6.18. The van der Waals surface area contributed by atoms with Crippen molar-refractivity contribution in [1.82, 2.24) is 4.98 Å². The summed E-state index contributed by atoms with van der Waals surface area (Å²) in [5.74, 6) is 0.769. The van der Waals surface area contributed by atoms with E-state index in [0.717, 1.165) is 16.8 Å².